The van der Waals surface area contributed by atoms with Crippen molar-refractivity contribution < 1.29 is 4.79 Å². The van der Waals surface area contributed by atoms with Gasteiger partial charge in [0.15, 0.2) is 0 Å². The van der Waals surface area contributed by atoms with Gasteiger partial charge in [0, 0.05) is 13.0 Å². The summed E-state index contributed by atoms with van der Waals surface area (Å²) >= 11 is 0. The maximum absolute atomic E-state index is 11.3. The molecule has 0 spiro atoms. The largest absolute Gasteiger partial charge is 0.364 e. The molecule has 102 valence electrons. The summed E-state index contributed by atoms with van der Waals surface area (Å²) in [6.07, 6.45) is 4.07. The number of hydrogen-bond donors (Lipinski definition) is 1. The minimum Gasteiger partial charge on any atom is -0.364 e. The molecule has 1 heterocycles. The maximum Gasteiger partial charge on any atom is 0.264 e. The first-order chi connectivity index (χ1) is 9.22. The summed E-state index contributed by atoms with van der Waals surface area (Å²) in [6.45, 7) is 3.06. The van der Waals surface area contributed by atoms with Crippen LogP contribution in [0.2, 0.25) is 0 Å². The summed E-state index contributed by atoms with van der Waals surface area (Å²) in [6, 6.07) is 10.3. The Hall–Kier alpha value is -1.84. The van der Waals surface area contributed by atoms with Gasteiger partial charge in [-0.05, 0) is 12.0 Å². The molecule has 1 aromatic carbocycles. The third-order valence-electron chi connectivity index (χ3n) is 3.46. The van der Waals surface area contributed by atoms with E-state index in [-0.39, 0.29) is 6.04 Å². The van der Waals surface area contributed by atoms with Crippen molar-refractivity contribution in [3.8, 4) is 0 Å². The number of hydrogen-bond acceptors (Lipinski definition) is 3. The van der Waals surface area contributed by atoms with Crippen LogP contribution in [-0.4, -0.2) is 23.2 Å². The molecule has 1 amide bonds. The Morgan fingerprint density at radius 1 is 1.37 bits per heavy atom. The lowest BCUT2D eigenvalue weighted by atomic mass is 10.0. The van der Waals surface area contributed by atoms with Crippen LogP contribution in [0.3, 0.4) is 0 Å². The fourth-order valence-electron chi connectivity index (χ4n) is 2.40. The van der Waals surface area contributed by atoms with Gasteiger partial charge in [-0.3, -0.25) is 9.80 Å². The zero-order valence-corrected chi connectivity index (χ0v) is 11.4. The highest BCUT2D eigenvalue weighted by atomic mass is 16.1. The van der Waals surface area contributed by atoms with Gasteiger partial charge in [0.25, 0.3) is 5.91 Å². The number of rotatable bonds is 6. The van der Waals surface area contributed by atoms with E-state index >= 15 is 0 Å². The van der Waals surface area contributed by atoms with Gasteiger partial charge < -0.3 is 5.73 Å². The van der Waals surface area contributed by atoms with Crippen LogP contribution in [0.5, 0.6) is 0 Å². The van der Waals surface area contributed by atoms with Crippen LogP contribution < -0.4 is 5.73 Å². The molecule has 2 rings (SSSR count). The number of primary amides is 1. The third kappa shape index (κ3) is 3.34. The minimum absolute atomic E-state index is 0.153. The normalized spacial score (nSPS) is 18.5. The van der Waals surface area contributed by atoms with Gasteiger partial charge >= 0.3 is 0 Å². The Bertz CT molecular complexity index is 456. The van der Waals surface area contributed by atoms with Gasteiger partial charge in [-0.15, -0.1) is 0 Å². The molecule has 0 aromatic heterocycles. The number of carbonyl (C=O) groups excluding carboxylic acids is 1. The van der Waals surface area contributed by atoms with Gasteiger partial charge in [0.1, 0.15) is 5.71 Å². The third-order valence-corrected chi connectivity index (χ3v) is 3.46. The highest BCUT2D eigenvalue weighted by Crippen LogP contribution is 2.30. The molecular weight excluding hydrogens is 238 g/mol. The topological polar surface area (TPSA) is 58.7 Å². The number of nitrogens with zero attached hydrogens (tertiary/aromatic N) is 2. The molecule has 0 saturated carbocycles. The summed E-state index contributed by atoms with van der Waals surface area (Å²) in [4.78, 5) is 11.3. The van der Waals surface area contributed by atoms with Gasteiger partial charge in [-0.2, -0.15) is 5.10 Å². The predicted octanol–water partition coefficient (Wildman–Crippen LogP) is 2.46. The summed E-state index contributed by atoms with van der Waals surface area (Å²) in [5, 5.41) is 6.41. The minimum atomic E-state index is -0.404. The number of amides is 1. The smallest absolute Gasteiger partial charge is 0.264 e. The number of carbonyl (C=O) groups is 1. The fourth-order valence-corrected chi connectivity index (χ4v) is 2.40. The van der Waals surface area contributed by atoms with E-state index < -0.39 is 5.91 Å². The van der Waals surface area contributed by atoms with Crippen LogP contribution >= 0.6 is 0 Å². The van der Waals surface area contributed by atoms with E-state index in [1.807, 2.05) is 23.2 Å². The van der Waals surface area contributed by atoms with Gasteiger partial charge in [-0.1, -0.05) is 50.1 Å². The molecule has 0 aliphatic carbocycles. The molecule has 1 aromatic rings. The van der Waals surface area contributed by atoms with Crippen LogP contribution in [0.25, 0.3) is 0 Å². The van der Waals surface area contributed by atoms with E-state index in [0.29, 0.717) is 12.1 Å². The van der Waals surface area contributed by atoms with Crippen molar-refractivity contribution in [2.45, 2.75) is 38.6 Å². The Balaban J connectivity index is 2.11. The standard InChI is InChI=1S/C15H21N3O/c1-2-3-7-10-18-14(11-13(17-18)15(16)19)12-8-5-4-6-9-12/h4-6,8-9,14H,2-3,7,10-11H2,1H3,(H2,16,19). The summed E-state index contributed by atoms with van der Waals surface area (Å²) in [5.41, 5.74) is 7.04. The van der Waals surface area contributed by atoms with Crippen LogP contribution in [-0.2, 0) is 4.79 Å². The molecule has 4 heteroatoms. The maximum atomic E-state index is 11.3. The van der Waals surface area contributed by atoms with Crippen molar-refractivity contribution >= 4 is 11.6 Å². The zero-order valence-electron chi connectivity index (χ0n) is 11.4. The molecule has 1 aliphatic rings. The molecule has 4 nitrogen and oxygen atoms in total. The molecule has 19 heavy (non-hydrogen) atoms. The van der Waals surface area contributed by atoms with E-state index in [9.17, 15) is 4.79 Å². The first-order valence-electron chi connectivity index (χ1n) is 6.91. The number of hydrazone groups is 1. The fraction of sp³-hybridized carbons (Fsp3) is 0.467. The lowest BCUT2D eigenvalue weighted by Crippen LogP contribution is -2.22. The highest BCUT2D eigenvalue weighted by molar-refractivity contribution is 6.38. The van der Waals surface area contributed by atoms with Crippen molar-refractivity contribution in [3.05, 3.63) is 35.9 Å². The Morgan fingerprint density at radius 2 is 2.11 bits per heavy atom. The van der Waals surface area contributed by atoms with Crippen LogP contribution in [0.1, 0.15) is 44.2 Å². The predicted molar refractivity (Wildman–Crippen MR) is 76.7 cm³/mol. The average Bonchev–Trinajstić information content (AvgIpc) is 2.84. The van der Waals surface area contributed by atoms with Crippen LogP contribution in [0.4, 0.5) is 0 Å². The lowest BCUT2D eigenvalue weighted by Gasteiger charge is -2.23. The lowest BCUT2D eigenvalue weighted by molar-refractivity contribution is -0.112. The average molecular weight is 259 g/mol. The Morgan fingerprint density at radius 3 is 2.74 bits per heavy atom. The van der Waals surface area contributed by atoms with Crippen molar-refractivity contribution in [3.63, 3.8) is 0 Å². The van der Waals surface area contributed by atoms with Crippen molar-refractivity contribution in [2.24, 2.45) is 10.8 Å². The summed E-state index contributed by atoms with van der Waals surface area (Å²) < 4.78 is 0. The molecule has 2 N–H and O–H groups in total. The van der Waals surface area contributed by atoms with Gasteiger partial charge in [0.05, 0.1) is 6.04 Å². The zero-order chi connectivity index (χ0) is 13.7. The second kappa shape index (κ2) is 6.36. The molecule has 1 atom stereocenters. The molecule has 0 radical (unpaired) electrons. The molecule has 1 aliphatic heterocycles. The van der Waals surface area contributed by atoms with Gasteiger partial charge in [0.2, 0.25) is 0 Å². The first kappa shape index (κ1) is 13.6. The SMILES string of the molecule is CCCCCN1N=C(C(N)=O)CC1c1ccccc1. The Kier molecular flexibility index (Phi) is 4.55. The summed E-state index contributed by atoms with van der Waals surface area (Å²) in [7, 11) is 0. The first-order valence-corrected chi connectivity index (χ1v) is 6.91. The van der Waals surface area contributed by atoms with Crippen LogP contribution in [0, 0.1) is 0 Å². The van der Waals surface area contributed by atoms with E-state index in [0.717, 1.165) is 13.0 Å². The second-order valence-electron chi connectivity index (χ2n) is 4.91. The number of nitrogens with two attached hydrogens (primary N) is 1. The Labute approximate surface area is 114 Å². The van der Waals surface area contributed by atoms with E-state index in [1.54, 1.807) is 0 Å². The summed E-state index contributed by atoms with van der Waals surface area (Å²) in [5.74, 6) is -0.404. The molecule has 0 fully saturated rings. The molecule has 0 bridgehead atoms. The van der Waals surface area contributed by atoms with Crippen LogP contribution in [0.15, 0.2) is 35.4 Å². The molecule has 0 saturated heterocycles. The van der Waals surface area contributed by atoms with Crippen molar-refractivity contribution in [2.75, 3.05) is 6.54 Å². The van der Waals surface area contributed by atoms with Crippen molar-refractivity contribution in [1.29, 1.82) is 0 Å². The second-order valence-corrected chi connectivity index (χ2v) is 4.91. The highest BCUT2D eigenvalue weighted by Gasteiger charge is 2.29. The number of unbranched alkanes of at least 4 members (excludes halogenated alkanes) is 2. The number of benzene rings is 1. The molecular formula is C15H21N3O. The van der Waals surface area contributed by atoms with E-state index in [1.165, 1.54) is 18.4 Å². The monoisotopic (exact) mass is 259 g/mol. The van der Waals surface area contributed by atoms with Gasteiger partial charge in [-0.25, -0.2) is 0 Å². The quantitative estimate of drug-likeness (QED) is 0.798. The van der Waals surface area contributed by atoms with Crippen molar-refractivity contribution in [1.82, 2.24) is 5.01 Å². The molecule has 1 unspecified atom stereocenters. The van der Waals surface area contributed by atoms with E-state index in [2.05, 4.69) is 24.2 Å². The van der Waals surface area contributed by atoms with E-state index in [4.69, 9.17) is 5.73 Å².